The van der Waals surface area contributed by atoms with Crippen LogP contribution in [0.5, 0.6) is 5.75 Å². The van der Waals surface area contributed by atoms with E-state index in [1.807, 2.05) is 30.3 Å². The summed E-state index contributed by atoms with van der Waals surface area (Å²) < 4.78 is 5.26. The van der Waals surface area contributed by atoms with Gasteiger partial charge in [-0.05, 0) is 43.2 Å². The number of benzene rings is 1. The molecular formula is C20H20N4O3. The average molecular weight is 364 g/mol. The molecule has 1 aliphatic rings. The molecule has 1 amide bonds. The van der Waals surface area contributed by atoms with Crippen molar-refractivity contribution in [1.29, 1.82) is 0 Å². The number of aromatic nitrogens is 3. The summed E-state index contributed by atoms with van der Waals surface area (Å²) in [5.41, 5.74) is 1.18. The summed E-state index contributed by atoms with van der Waals surface area (Å²) in [6.07, 6.45) is 6.22. The van der Waals surface area contributed by atoms with E-state index in [0.29, 0.717) is 35.6 Å². The van der Waals surface area contributed by atoms with Crippen molar-refractivity contribution in [3.63, 3.8) is 0 Å². The molecule has 0 radical (unpaired) electrons. The number of pyridine rings is 1. The van der Waals surface area contributed by atoms with Gasteiger partial charge in [-0.1, -0.05) is 6.07 Å². The van der Waals surface area contributed by atoms with Crippen molar-refractivity contribution in [2.45, 2.75) is 18.4 Å². The number of hydrogen-bond acceptors (Lipinski definition) is 5. The standard InChI is InChI=1S/C20H20N4O3/c1-27-15-5-2-4-14(12-15)24(13-20(26)9-10-20)18(25)8-7-17-16-6-3-11-21-19(16)23-22-17/h2-8,11-12,26H,9-10,13H2,1H3,(H,21,22,23)/b8-7+. The van der Waals surface area contributed by atoms with E-state index in [-0.39, 0.29) is 12.5 Å². The van der Waals surface area contributed by atoms with E-state index in [4.69, 9.17) is 4.74 Å². The van der Waals surface area contributed by atoms with Crippen LogP contribution in [0.4, 0.5) is 5.69 Å². The molecule has 3 aromatic rings. The van der Waals surface area contributed by atoms with Gasteiger partial charge >= 0.3 is 0 Å². The van der Waals surface area contributed by atoms with Crippen LogP contribution in [-0.2, 0) is 4.79 Å². The van der Waals surface area contributed by atoms with Crippen LogP contribution in [0.1, 0.15) is 18.5 Å². The minimum atomic E-state index is -0.808. The highest BCUT2D eigenvalue weighted by Crippen LogP contribution is 2.37. The zero-order chi connectivity index (χ0) is 18.9. The molecule has 0 spiro atoms. The Labute approximate surface area is 156 Å². The maximum Gasteiger partial charge on any atom is 0.251 e. The fraction of sp³-hybridized carbons (Fsp3) is 0.250. The van der Waals surface area contributed by atoms with Gasteiger partial charge in [0.15, 0.2) is 5.65 Å². The van der Waals surface area contributed by atoms with Crippen molar-refractivity contribution < 1.29 is 14.6 Å². The van der Waals surface area contributed by atoms with E-state index in [1.54, 1.807) is 30.3 Å². The van der Waals surface area contributed by atoms with Gasteiger partial charge in [0.1, 0.15) is 5.75 Å². The number of fused-ring (bicyclic) bond motifs is 1. The van der Waals surface area contributed by atoms with E-state index >= 15 is 0 Å². The summed E-state index contributed by atoms with van der Waals surface area (Å²) >= 11 is 0. The zero-order valence-electron chi connectivity index (χ0n) is 14.9. The molecule has 0 unspecified atom stereocenters. The lowest BCUT2D eigenvalue weighted by Crippen LogP contribution is -2.37. The van der Waals surface area contributed by atoms with Gasteiger partial charge in [0.05, 0.1) is 24.9 Å². The highest BCUT2D eigenvalue weighted by atomic mass is 16.5. The molecule has 27 heavy (non-hydrogen) atoms. The van der Waals surface area contributed by atoms with Crippen molar-refractivity contribution in [3.8, 4) is 5.75 Å². The number of carbonyl (C=O) groups is 1. The first-order valence-corrected chi connectivity index (χ1v) is 8.73. The van der Waals surface area contributed by atoms with Crippen LogP contribution >= 0.6 is 0 Å². The molecule has 0 saturated heterocycles. The minimum absolute atomic E-state index is 0.227. The van der Waals surface area contributed by atoms with Gasteiger partial charge in [-0.25, -0.2) is 4.98 Å². The van der Waals surface area contributed by atoms with Crippen LogP contribution in [0.3, 0.4) is 0 Å². The fourth-order valence-corrected chi connectivity index (χ4v) is 2.91. The van der Waals surface area contributed by atoms with Crippen molar-refractivity contribution in [2.75, 3.05) is 18.6 Å². The second-order valence-electron chi connectivity index (χ2n) is 6.70. The molecular weight excluding hydrogens is 344 g/mol. The number of H-pyrrole nitrogens is 1. The van der Waals surface area contributed by atoms with Gasteiger partial charge in [-0.3, -0.25) is 9.89 Å². The van der Waals surface area contributed by atoms with Crippen LogP contribution in [0, 0.1) is 0 Å². The van der Waals surface area contributed by atoms with Crippen LogP contribution in [0.25, 0.3) is 17.1 Å². The Morgan fingerprint density at radius 3 is 3.00 bits per heavy atom. The molecule has 1 fully saturated rings. The molecule has 0 bridgehead atoms. The van der Waals surface area contributed by atoms with Gasteiger partial charge in [-0.2, -0.15) is 5.10 Å². The number of ether oxygens (including phenoxy) is 1. The first kappa shape index (κ1) is 17.2. The van der Waals surface area contributed by atoms with Crippen molar-refractivity contribution in [2.24, 2.45) is 0 Å². The Bertz CT molecular complexity index is 1010. The van der Waals surface area contributed by atoms with Crippen molar-refractivity contribution in [1.82, 2.24) is 15.2 Å². The lowest BCUT2D eigenvalue weighted by Gasteiger charge is -2.24. The lowest BCUT2D eigenvalue weighted by atomic mass is 10.2. The van der Waals surface area contributed by atoms with E-state index in [2.05, 4.69) is 15.2 Å². The summed E-state index contributed by atoms with van der Waals surface area (Å²) in [5, 5.41) is 18.2. The quantitative estimate of drug-likeness (QED) is 0.656. The number of amides is 1. The molecule has 2 N–H and O–H groups in total. The highest BCUT2D eigenvalue weighted by molar-refractivity contribution is 6.04. The molecule has 2 heterocycles. The zero-order valence-corrected chi connectivity index (χ0v) is 14.9. The molecule has 1 aromatic carbocycles. The predicted molar refractivity (Wildman–Crippen MR) is 102 cm³/mol. The second-order valence-corrected chi connectivity index (χ2v) is 6.70. The topological polar surface area (TPSA) is 91.3 Å². The summed E-state index contributed by atoms with van der Waals surface area (Å²) in [7, 11) is 1.58. The SMILES string of the molecule is COc1cccc(N(CC2(O)CC2)C(=O)/C=C/c2[nH]nc3ncccc23)c1. The number of rotatable bonds is 6. The molecule has 0 atom stereocenters. The van der Waals surface area contributed by atoms with E-state index < -0.39 is 5.60 Å². The molecule has 1 aliphatic carbocycles. The third kappa shape index (κ3) is 3.68. The Morgan fingerprint density at radius 2 is 2.22 bits per heavy atom. The Morgan fingerprint density at radius 1 is 1.37 bits per heavy atom. The van der Waals surface area contributed by atoms with Crippen LogP contribution < -0.4 is 9.64 Å². The Balaban J connectivity index is 1.61. The lowest BCUT2D eigenvalue weighted by molar-refractivity contribution is -0.114. The Hall–Kier alpha value is -3.19. The number of anilines is 1. The van der Waals surface area contributed by atoms with Gasteiger partial charge < -0.3 is 14.7 Å². The number of methoxy groups -OCH3 is 1. The summed E-state index contributed by atoms with van der Waals surface area (Å²) in [4.78, 5) is 18.7. The first-order valence-electron chi connectivity index (χ1n) is 8.73. The minimum Gasteiger partial charge on any atom is -0.497 e. The van der Waals surface area contributed by atoms with Gasteiger partial charge in [0.25, 0.3) is 5.91 Å². The van der Waals surface area contributed by atoms with Crippen LogP contribution in [0.2, 0.25) is 0 Å². The van der Waals surface area contributed by atoms with E-state index in [9.17, 15) is 9.90 Å². The Kier molecular flexibility index (Phi) is 4.37. The molecule has 138 valence electrons. The number of hydrogen-bond donors (Lipinski definition) is 2. The highest BCUT2D eigenvalue weighted by Gasteiger charge is 2.43. The maximum atomic E-state index is 12.9. The number of aliphatic hydroxyl groups is 1. The fourth-order valence-electron chi connectivity index (χ4n) is 2.91. The molecule has 2 aromatic heterocycles. The first-order chi connectivity index (χ1) is 13.1. The maximum absolute atomic E-state index is 12.9. The molecule has 7 heteroatoms. The third-order valence-corrected chi connectivity index (χ3v) is 4.66. The molecule has 4 rings (SSSR count). The van der Waals surface area contributed by atoms with Gasteiger partial charge in [0.2, 0.25) is 0 Å². The summed E-state index contributed by atoms with van der Waals surface area (Å²) in [6.45, 7) is 0.245. The predicted octanol–water partition coefficient (Wildman–Crippen LogP) is 2.54. The van der Waals surface area contributed by atoms with E-state index in [1.165, 1.54) is 6.08 Å². The van der Waals surface area contributed by atoms with Crippen molar-refractivity contribution in [3.05, 3.63) is 54.4 Å². The van der Waals surface area contributed by atoms with Crippen molar-refractivity contribution >= 4 is 28.7 Å². The van der Waals surface area contributed by atoms with Gasteiger partial charge in [-0.15, -0.1) is 0 Å². The number of nitrogens with one attached hydrogen (secondary N) is 1. The smallest absolute Gasteiger partial charge is 0.251 e. The number of carbonyl (C=O) groups excluding carboxylic acids is 1. The summed E-state index contributed by atoms with van der Waals surface area (Å²) in [5.74, 6) is 0.429. The van der Waals surface area contributed by atoms with E-state index in [0.717, 1.165) is 5.39 Å². The summed E-state index contributed by atoms with van der Waals surface area (Å²) in [6, 6.07) is 11.0. The third-order valence-electron chi connectivity index (χ3n) is 4.66. The van der Waals surface area contributed by atoms with Gasteiger partial charge in [0, 0.05) is 29.4 Å². The number of nitrogens with zero attached hydrogens (tertiary/aromatic N) is 3. The van der Waals surface area contributed by atoms with Crippen LogP contribution in [0.15, 0.2) is 48.7 Å². The number of aromatic amines is 1. The second kappa shape index (κ2) is 6.85. The molecule has 0 aliphatic heterocycles. The van der Waals surface area contributed by atoms with Crippen LogP contribution in [-0.4, -0.2) is 45.5 Å². The molecule has 1 saturated carbocycles. The average Bonchev–Trinajstić information content (AvgIpc) is 3.29. The largest absolute Gasteiger partial charge is 0.497 e. The monoisotopic (exact) mass is 364 g/mol. The molecule has 7 nitrogen and oxygen atoms in total. The normalized spacial score (nSPS) is 15.2.